The number of hydrogen-bond donors (Lipinski definition) is 3. The molecule has 4 N–H and O–H groups in total. The number of amides is 2. The number of anilines is 2. The van der Waals surface area contributed by atoms with Gasteiger partial charge in [-0.15, -0.1) is 0 Å². The van der Waals surface area contributed by atoms with Gasteiger partial charge in [-0.1, -0.05) is 24.3 Å². The molecule has 1 atom stereocenters. The number of nitrogens with two attached hydrogens (primary N) is 1. The summed E-state index contributed by atoms with van der Waals surface area (Å²) in [5.74, 6) is -0.0234. The average molecular weight is 473 g/mol. The zero-order valence-electron chi connectivity index (χ0n) is 20.1. The van der Waals surface area contributed by atoms with Gasteiger partial charge in [0, 0.05) is 63.1 Å². The van der Waals surface area contributed by atoms with Gasteiger partial charge < -0.3 is 26.2 Å². The van der Waals surface area contributed by atoms with Crippen LogP contribution in [-0.4, -0.2) is 71.9 Å². The molecule has 0 radical (unpaired) electrons. The Morgan fingerprint density at radius 2 is 1.80 bits per heavy atom. The van der Waals surface area contributed by atoms with E-state index in [0.717, 1.165) is 42.3 Å². The lowest BCUT2D eigenvalue weighted by molar-refractivity contribution is 0.0711. The van der Waals surface area contributed by atoms with Gasteiger partial charge in [0.2, 0.25) is 0 Å². The maximum absolute atomic E-state index is 13.5. The molecule has 8 heteroatoms. The number of carbonyl (C=O) groups excluding carboxylic acids is 2. The average Bonchev–Trinajstić information content (AvgIpc) is 2.89. The molecule has 2 fully saturated rings. The van der Waals surface area contributed by atoms with Crippen LogP contribution in [-0.2, 0) is 0 Å². The molecule has 2 aliphatic rings. The number of aryl methyl sites for hydroxylation is 1. The van der Waals surface area contributed by atoms with Gasteiger partial charge in [-0.2, -0.15) is 0 Å². The lowest BCUT2D eigenvalue weighted by Crippen LogP contribution is -2.47. The van der Waals surface area contributed by atoms with Crippen LogP contribution in [0.25, 0.3) is 10.8 Å². The van der Waals surface area contributed by atoms with Crippen molar-refractivity contribution in [3.63, 3.8) is 0 Å². The molecular formula is C27H32N6O2. The Labute approximate surface area is 205 Å². The minimum Gasteiger partial charge on any atom is -0.397 e. The summed E-state index contributed by atoms with van der Waals surface area (Å²) in [5.41, 5.74) is 9.83. The lowest BCUT2D eigenvalue weighted by Gasteiger charge is -2.35. The number of likely N-dealkylation sites (tertiary alicyclic amines) is 1. The van der Waals surface area contributed by atoms with Crippen LogP contribution in [0.2, 0.25) is 0 Å². The van der Waals surface area contributed by atoms with E-state index in [1.165, 1.54) is 0 Å². The quantitative estimate of drug-likeness (QED) is 0.505. The van der Waals surface area contributed by atoms with Gasteiger partial charge in [-0.05, 0) is 42.8 Å². The molecule has 8 nitrogen and oxygen atoms in total. The highest BCUT2D eigenvalue weighted by Gasteiger charge is 2.28. The van der Waals surface area contributed by atoms with Gasteiger partial charge in [0.25, 0.3) is 11.8 Å². The minimum atomic E-state index is -0.0187. The monoisotopic (exact) mass is 472 g/mol. The molecule has 0 unspecified atom stereocenters. The first-order valence-corrected chi connectivity index (χ1v) is 12.3. The number of fused-ring (bicyclic) bond motifs is 1. The molecule has 2 saturated heterocycles. The minimum absolute atomic E-state index is 0.00443. The Hall–Kier alpha value is -3.65. The van der Waals surface area contributed by atoms with Gasteiger partial charge >= 0.3 is 0 Å². The maximum Gasteiger partial charge on any atom is 0.256 e. The number of hydrogen-bond acceptors (Lipinski definition) is 6. The molecule has 5 rings (SSSR count). The topological polar surface area (TPSA) is 104 Å². The Balaban J connectivity index is 1.37. The smallest absolute Gasteiger partial charge is 0.256 e. The number of pyridine rings is 1. The second-order valence-corrected chi connectivity index (χ2v) is 9.46. The Morgan fingerprint density at radius 1 is 1.03 bits per heavy atom. The molecular weight excluding hydrogens is 440 g/mol. The van der Waals surface area contributed by atoms with Crippen LogP contribution in [0.5, 0.6) is 0 Å². The highest BCUT2D eigenvalue weighted by atomic mass is 16.2. The van der Waals surface area contributed by atoms with Crippen molar-refractivity contribution in [2.45, 2.75) is 25.8 Å². The summed E-state index contributed by atoms with van der Waals surface area (Å²) < 4.78 is 0. The molecule has 3 heterocycles. The van der Waals surface area contributed by atoms with Crippen molar-refractivity contribution in [1.29, 1.82) is 0 Å². The van der Waals surface area contributed by atoms with Crippen LogP contribution in [0.3, 0.4) is 0 Å². The fourth-order valence-corrected chi connectivity index (χ4v) is 5.12. The van der Waals surface area contributed by atoms with Gasteiger partial charge in [-0.3, -0.25) is 14.6 Å². The molecule has 2 aromatic carbocycles. The van der Waals surface area contributed by atoms with Gasteiger partial charge in [0.05, 0.1) is 22.5 Å². The second kappa shape index (κ2) is 9.92. The zero-order chi connectivity index (χ0) is 24.4. The summed E-state index contributed by atoms with van der Waals surface area (Å²) >= 11 is 0. The number of piperazine rings is 1. The fraction of sp³-hybridized carbons (Fsp3) is 0.370. The molecule has 1 aromatic heterocycles. The molecule has 35 heavy (non-hydrogen) atoms. The van der Waals surface area contributed by atoms with Gasteiger partial charge in [-0.25, -0.2) is 0 Å². The molecule has 0 bridgehead atoms. The third-order valence-electron chi connectivity index (χ3n) is 6.90. The van der Waals surface area contributed by atoms with Crippen molar-refractivity contribution in [2.75, 3.05) is 50.3 Å². The van der Waals surface area contributed by atoms with Crippen molar-refractivity contribution < 1.29 is 9.59 Å². The summed E-state index contributed by atoms with van der Waals surface area (Å²) in [5, 5.41) is 8.69. The summed E-state index contributed by atoms with van der Waals surface area (Å²) in [6.07, 6.45) is 5.20. The number of rotatable bonds is 4. The van der Waals surface area contributed by atoms with E-state index in [4.69, 9.17) is 5.73 Å². The van der Waals surface area contributed by atoms with Gasteiger partial charge in [0.1, 0.15) is 0 Å². The fourth-order valence-electron chi connectivity index (χ4n) is 5.12. The summed E-state index contributed by atoms with van der Waals surface area (Å²) in [7, 11) is 0. The normalized spacial score (nSPS) is 18.5. The van der Waals surface area contributed by atoms with E-state index in [1.54, 1.807) is 12.4 Å². The zero-order valence-corrected chi connectivity index (χ0v) is 20.1. The third-order valence-corrected chi connectivity index (χ3v) is 6.90. The highest BCUT2D eigenvalue weighted by Crippen LogP contribution is 2.30. The molecule has 182 valence electrons. The van der Waals surface area contributed by atoms with Crippen molar-refractivity contribution in [3.05, 3.63) is 65.5 Å². The number of aromatic nitrogens is 1. The number of nitrogens with zero attached hydrogens (tertiary/aromatic N) is 3. The van der Waals surface area contributed by atoms with E-state index in [1.807, 2.05) is 53.1 Å². The van der Waals surface area contributed by atoms with Crippen molar-refractivity contribution >= 4 is 34.0 Å². The van der Waals surface area contributed by atoms with Gasteiger partial charge in [0.15, 0.2) is 0 Å². The number of carbonyl (C=O) groups is 2. The Kier molecular flexibility index (Phi) is 6.55. The molecule has 2 aliphatic heterocycles. The van der Waals surface area contributed by atoms with Crippen molar-refractivity contribution in [3.8, 4) is 0 Å². The molecule has 0 saturated carbocycles. The summed E-state index contributed by atoms with van der Waals surface area (Å²) in [4.78, 5) is 34.9. The number of nitrogens with one attached hydrogen (secondary N) is 2. The van der Waals surface area contributed by atoms with Crippen LogP contribution in [0.4, 0.5) is 11.4 Å². The summed E-state index contributed by atoms with van der Waals surface area (Å²) in [6, 6.07) is 11.6. The largest absolute Gasteiger partial charge is 0.397 e. The highest BCUT2D eigenvalue weighted by molar-refractivity contribution is 6.06. The molecule has 0 aliphatic carbocycles. The van der Waals surface area contributed by atoms with E-state index in [9.17, 15) is 9.59 Å². The molecule has 3 aromatic rings. The first-order valence-electron chi connectivity index (χ1n) is 12.3. The number of benzene rings is 2. The van der Waals surface area contributed by atoms with E-state index < -0.39 is 0 Å². The van der Waals surface area contributed by atoms with Crippen molar-refractivity contribution in [1.82, 2.24) is 20.1 Å². The predicted octanol–water partition coefficient (Wildman–Crippen LogP) is 2.89. The van der Waals surface area contributed by atoms with E-state index >= 15 is 0 Å². The predicted molar refractivity (Wildman–Crippen MR) is 139 cm³/mol. The van der Waals surface area contributed by atoms with Crippen LogP contribution in [0, 0.1) is 6.92 Å². The van der Waals surface area contributed by atoms with E-state index in [-0.39, 0.29) is 17.9 Å². The molecule has 2 amide bonds. The first-order chi connectivity index (χ1) is 17.0. The standard InChI is InChI=1S/C27H32N6O2/c1-18-13-22(26(34)32-11-8-29-9-12-32)25(24(28)14-18)31-20-6-4-10-33(17-20)27(35)23-16-30-15-19-5-2-3-7-21(19)23/h2-3,5,7,13-16,20,29,31H,4,6,8-12,17,28H2,1H3/t20-/m1/s1. The van der Waals surface area contributed by atoms with Crippen LogP contribution in [0.15, 0.2) is 48.8 Å². The van der Waals surface area contributed by atoms with Crippen LogP contribution >= 0.6 is 0 Å². The first kappa shape index (κ1) is 23.1. The number of piperidine rings is 1. The SMILES string of the molecule is Cc1cc(N)c(N[C@@H]2CCCN(C(=O)c3cncc4ccccc34)C2)c(C(=O)N2CCNCC2)c1. The van der Waals surface area contributed by atoms with Crippen molar-refractivity contribution in [2.24, 2.45) is 0 Å². The second-order valence-electron chi connectivity index (χ2n) is 9.46. The molecule has 0 spiro atoms. The summed E-state index contributed by atoms with van der Waals surface area (Å²) in [6.45, 7) is 6.12. The Bertz CT molecular complexity index is 1250. The third kappa shape index (κ3) is 4.79. The lowest BCUT2D eigenvalue weighted by atomic mass is 10.0. The van der Waals surface area contributed by atoms with E-state index in [2.05, 4.69) is 15.6 Å². The van der Waals surface area contributed by atoms with Crippen LogP contribution in [0.1, 0.15) is 39.1 Å². The number of nitrogen functional groups attached to an aromatic ring is 1. The Morgan fingerprint density at radius 3 is 2.63 bits per heavy atom. The van der Waals surface area contributed by atoms with E-state index in [0.29, 0.717) is 48.7 Å². The van der Waals surface area contributed by atoms with Crippen LogP contribution < -0.4 is 16.4 Å². The maximum atomic E-state index is 13.5.